The van der Waals surface area contributed by atoms with Gasteiger partial charge in [-0.3, -0.25) is 14.5 Å². The van der Waals surface area contributed by atoms with E-state index in [-0.39, 0.29) is 36.3 Å². The summed E-state index contributed by atoms with van der Waals surface area (Å²) in [5.74, 6) is 0.179. The van der Waals surface area contributed by atoms with Gasteiger partial charge in [-0.2, -0.15) is 0 Å². The molecule has 7 heteroatoms. The second-order valence-electron chi connectivity index (χ2n) is 5.72. The Morgan fingerprint density at radius 1 is 1.19 bits per heavy atom. The Balaban J connectivity index is 0.00000400. The first-order valence-electron chi connectivity index (χ1n) is 7.47. The first-order valence-corrected chi connectivity index (χ1v) is 7.47. The van der Waals surface area contributed by atoms with E-state index in [9.17, 15) is 9.59 Å². The van der Waals surface area contributed by atoms with Crippen LogP contribution in [0.1, 0.15) is 33.6 Å². The number of carbonyl (C=O) groups is 2. The van der Waals surface area contributed by atoms with Crippen LogP contribution in [0, 0.1) is 0 Å². The lowest BCUT2D eigenvalue weighted by Crippen LogP contribution is -2.52. The molecule has 21 heavy (non-hydrogen) atoms. The zero-order chi connectivity index (χ0) is 15.1. The summed E-state index contributed by atoms with van der Waals surface area (Å²) < 4.78 is 0. The van der Waals surface area contributed by atoms with E-state index in [0.29, 0.717) is 26.1 Å². The molecule has 1 fully saturated rings. The maximum Gasteiger partial charge on any atom is 0.234 e. The lowest BCUT2D eigenvalue weighted by molar-refractivity contribution is -0.133. The van der Waals surface area contributed by atoms with Crippen molar-refractivity contribution < 1.29 is 9.59 Å². The van der Waals surface area contributed by atoms with Gasteiger partial charge in [0.1, 0.15) is 0 Å². The van der Waals surface area contributed by atoms with Crippen molar-refractivity contribution in [1.29, 1.82) is 0 Å². The van der Waals surface area contributed by atoms with E-state index in [2.05, 4.69) is 10.2 Å². The van der Waals surface area contributed by atoms with Gasteiger partial charge in [-0.15, -0.1) is 12.4 Å². The maximum atomic E-state index is 11.9. The second-order valence-corrected chi connectivity index (χ2v) is 5.72. The third-order valence-corrected chi connectivity index (χ3v) is 3.61. The van der Waals surface area contributed by atoms with Crippen LogP contribution in [-0.4, -0.2) is 66.4 Å². The van der Waals surface area contributed by atoms with Gasteiger partial charge in [0.25, 0.3) is 0 Å². The number of nitrogens with zero attached hydrogens (tertiary/aromatic N) is 2. The molecule has 0 radical (unpaired) electrons. The molecule has 1 aliphatic rings. The Morgan fingerprint density at radius 2 is 1.76 bits per heavy atom. The highest BCUT2D eigenvalue weighted by Crippen LogP contribution is 2.04. The van der Waals surface area contributed by atoms with Crippen LogP contribution in [-0.2, 0) is 9.59 Å². The van der Waals surface area contributed by atoms with E-state index in [1.807, 2.05) is 25.7 Å². The molecule has 2 unspecified atom stereocenters. The molecule has 124 valence electrons. The van der Waals surface area contributed by atoms with Gasteiger partial charge in [0, 0.05) is 44.7 Å². The van der Waals surface area contributed by atoms with Crippen molar-refractivity contribution in [1.82, 2.24) is 15.1 Å². The van der Waals surface area contributed by atoms with Crippen molar-refractivity contribution in [2.24, 2.45) is 5.73 Å². The molecular formula is C14H29ClN4O2. The molecular weight excluding hydrogens is 292 g/mol. The molecule has 1 aliphatic heterocycles. The molecule has 0 aliphatic carbocycles. The highest BCUT2D eigenvalue weighted by atomic mass is 35.5. The normalized spacial score (nSPS) is 18.6. The molecule has 3 N–H and O–H groups in total. The number of hydrogen-bond donors (Lipinski definition) is 2. The lowest BCUT2D eigenvalue weighted by Gasteiger charge is -2.34. The maximum absolute atomic E-state index is 11.9. The number of hydrogen-bond acceptors (Lipinski definition) is 4. The molecule has 2 atom stereocenters. The summed E-state index contributed by atoms with van der Waals surface area (Å²) in [6, 6.07) is 0.123. The molecule has 0 aromatic carbocycles. The quantitative estimate of drug-likeness (QED) is 0.733. The summed E-state index contributed by atoms with van der Waals surface area (Å²) >= 11 is 0. The van der Waals surface area contributed by atoms with Crippen LogP contribution in [0.5, 0.6) is 0 Å². The zero-order valence-electron chi connectivity index (χ0n) is 13.3. The third kappa shape index (κ3) is 7.64. The molecule has 0 bridgehead atoms. The van der Waals surface area contributed by atoms with Crippen LogP contribution in [0.15, 0.2) is 0 Å². The minimum atomic E-state index is -0.0955. The fourth-order valence-corrected chi connectivity index (χ4v) is 2.19. The van der Waals surface area contributed by atoms with Crippen molar-refractivity contribution in [2.75, 3.05) is 32.7 Å². The number of rotatable bonds is 6. The van der Waals surface area contributed by atoms with Gasteiger partial charge < -0.3 is 16.0 Å². The predicted octanol–water partition coefficient (Wildman–Crippen LogP) is 0.204. The summed E-state index contributed by atoms with van der Waals surface area (Å²) in [5, 5.41) is 2.96. The number of halogens is 1. The van der Waals surface area contributed by atoms with Crippen LogP contribution in [0.2, 0.25) is 0 Å². The standard InChI is InChI=1S/C14H28N4O2.ClH/c1-4-12(3)16-13(19)10-17-5-7-18(8-6-17)14(20)9-11(2)15;/h11-12H,4-10,15H2,1-3H3,(H,16,19);1H. The largest absolute Gasteiger partial charge is 0.353 e. The molecule has 0 saturated carbocycles. The van der Waals surface area contributed by atoms with Crippen LogP contribution < -0.4 is 11.1 Å². The van der Waals surface area contributed by atoms with Crippen LogP contribution >= 0.6 is 12.4 Å². The summed E-state index contributed by atoms with van der Waals surface area (Å²) in [7, 11) is 0. The monoisotopic (exact) mass is 320 g/mol. The number of amides is 2. The van der Waals surface area contributed by atoms with Gasteiger partial charge in [0.2, 0.25) is 11.8 Å². The molecule has 0 aromatic rings. The minimum Gasteiger partial charge on any atom is -0.353 e. The Labute approximate surface area is 133 Å². The summed E-state index contributed by atoms with van der Waals surface area (Å²) in [6.45, 7) is 9.17. The van der Waals surface area contributed by atoms with Gasteiger partial charge >= 0.3 is 0 Å². The van der Waals surface area contributed by atoms with Crippen LogP contribution in [0.3, 0.4) is 0 Å². The van der Waals surface area contributed by atoms with E-state index in [0.717, 1.165) is 19.5 Å². The first kappa shape index (κ1) is 20.1. The van der Waals surface area contributed by atoms with Crippen molar-refractivity contribution >= 4 is 24.2 Å². The topological polar surface area (TPSA) is 78.7 Å². The third-order valence-electron chi connectivity index (χ3n) is 3.61. The molecule has 6 nitrogen and oxygen atoms in total. The molecule has 1 heterocycles. The van der Waals surface area contributed by atoms with E-state index >= 15 is 0 Å². The van der Waals surface area contributed by atoms with Crippen LogP contribution in [0.25, 0.3) is 0 Å². The number of carbonyl (C=O) groups excluding carboxylic acids is 2. The Hall–Kier alpha value is -0.850. The number of piperazine rings is 1. The van der Waals surface area contributed by atoms with E-state index in [1.54, 1.807) is 0 Å². The van der Waals surface area contributed by atoms with Gasteiger partial charge in [0.05, 0.1) is 6.54 Å². The average Bonchev–Trinajstić information content (AvgIpc) is 2.38. The smallest absolute Gasteiger partial charge is 0.234 e. The molecule has 1 rings (SSSR count). The highest BCUT2D eigenvalue weighted by Gasteiger charge is 2.22. The average molecular weight is 321 g/mol. The second kappa shape index (κ2) is 9.97. The van der Waals surface area contributed by atoms with Crippen molar-refractivity contribution in [3.05, 3.63) is 0 Å². The molecule has 1 saturated heterocycles. The number of nitrogens with two attached hydrogens (primary N) is 1. The van der Waals surface area contributed by atoms with Crippen molar-refractivity contribution in [3.8, 4) is 0 Å². The molecule has 0 aromatic heterocycles. The Kier molecular flexibility index (Phi) is 9.57. The molecule has 2 amide bonds. The van der Waals surface area contributed by atoms with Gasteiger partial charge in [-0.05, 0) is 20.3 Å². The number of nitrogens with one attached hydrogen (secondary N) is 1. The SMILES string of the molecule is CCC(C)NC(=O)CN1CCN(C(=O)CC(C)N)CC1.Cl. The summed E-state index contributed by atoms with van der Waals surface area (Å²) in [4.78, 5) is 27.6. The fourth-order valence-electron chi connectivity index (χ4n) is 2.19. The van der Waals surface area contributed by atoms with Crippen molar-refractivity contribution in [2.45, 2.75) is 45.7 Å². The summed E-state index contributed by atoms with van der Waals surface area (Å²) in [5.41, 5.74) is 5.64. The predicted molar refractivity (Wildman–Crippen MR) is 86.4 cm³/mol. The highest BCUT2D eigenvalue weighted by molar-refractivity contribution is 5.85. The van der Waals surface area contributed by atoms with E-state index in [4.69, 9.17) is 5.73 Å². The van der Waals surface area contributed by atoms with Gasteiger partial charge in [-0.25, -0.2) is 0 Å². The summed E-state index contributed by atoms with van der Waals surface area (Å²) in [6.07, 6.45) is 1.33. The lowest BCUT2D eigenvalue weighted by atomic mass is 10.2. The van der Waals surface area contributed by atoms with Crippen molar-refractivity contribution in [3.63, 3.8) is 0 Å². The first-order chi connectivity index (χ1) is 9.42. The Morgan fingerprint density at radius 3 is 2.24 bits per heavy atom. The van der Waals surface area contributed by atoms with Gasteiger partial charge in [0.15, 0.2) is 0 Å². The molecule has 0 spiro atoms. The minimum absolute atomic E-state index is 0. The van der Waals surface area contributed by atoms with Crippen LogP contribution in [0.4, 0.5) is 0 Å². The van der Waals surface area contributed by atoms with Gasteiger partial charge in [-0.1, -0.05) is 6.92 Å². The van der Waals surface area contributed by atoms with E-state index < -0.39 is 0 Å². The fraction of sp³-hybridized carbons (Fsp3) is 0.857. The van der Waals surface area contributed by atoms with E-state index in [1.165, 1.54) is 0 Å². The zero-order valence-corrected chi connectivity index (χ0v) is 14.1. The Bertz CT molecular complexity index is 331.